The van der Waals surface area contributed by atoms with E-state index in [4.69, 9.17) is 0 Å². The van der Waals surface area contributed by atoms with Crippen LogP contribution in [0.5, 0.6) is 0 Å². The molecular formula is C21H19N3OS. The molecule has 26 heavy (non-hydrogen) atoms. The summed E-state index contributed by atoms with van der Waals surface area (Å²) in [7, 11) is 0. The Morgan fingerprint density at radius 2 is 1.77 bits per heavy atom. The van der Waals surface area contributed by atoms with Gasteiger partial charge in [-0.1, -0.05) is 42.0 Å². The highest BCUT2D eigenvalue weighted by molar-refractivity contribution is 7.15. The van der Waals surface area contributed by atoms with E-state index in [1.165, 1.54) is 16.9 Å². The maximum Gasteiger partial charge on any atom is 0.273 e. The molecule has 0 radical (unpaired) electrons. The van der Waals surface area contributed by atoms with E-state index in [-0.39, 0.29) is 5.91 Å². The number of rotatable bonds is 3. The topological polar surface area (TPSA) is 46.4 Å². The number of benzene rings is 2. The van der Waals surface area contributed by atoms with Gasteiger partial charge in [0.05, 0.1) is 5.69 Å². The fourth-order valence-electron chi connectivity index (χ4n) is 2.87. The number of aromatic nitrogens is 2. The monoisotopic (exact) mass is 361 g/mol. The molecule has 5 heteroatoms. The van der Waals surface area contributed by atoms with E-state index in [9.17, 15) is 4.79 Å². The molecule has 0 aliphatic rings. The Balaban J connectivity index is 1.67. The first-order valence-electron chi connectivity index (χ1n) is 8.43. The lowest BCUT2D eigenvalue weighted by Gasteiger charge is -2.08. The molecule has 0 saturated carbocycles. The molecule has 0 unspecified atom stereocenters. The van der Waals surface area contributed by atoms with Crippen molar-refractivity contribution < 1.29 is 4.79 Å². The quantitative estimate of drug-likeness (QED) is 0.542. The number of thiazole rings is 1. The number of hydrogen-bond acceptors (Lipinski definition) is 3. The van der Waals surface area contributed by atoms with E-state index >= 15 is 0 Å². The number of amides is 1. The number of hydrogen-bond donors (Lipinski definition) is 1. The minimum Gasteiger partial charge on any atom is -0.320 e. The van der Waals surface area contributed by atoms with Crippen LogP contribution in [0.1, 0.15) is 27.2 Å². The zero-order chi connectivity index (χ0) is 18.3. The SMILES string of the molecule is Cc1ccc(-c2cn3c(C(=O)Nc4cc(C)ccc4C)csc3n2)cc1. The van der Waals surface area contributed by atoms with Gasteiger partial charge in [0.25, 0.3) is 5.91 Å². The Morgan fingerprint density at radius 3 is 2.54 bits per heavy atom. The van der Waals surface area contributed by atoms with Crippen LogP contribution in [-0.4, -0.2) is 15.3 Å². The fraction of sp³-hybridized carbons (Fsp3) is 0.143. The predicted molar refractivity (Wildman–Crippen MR) is 107 cm³/mol. The van der Waals surface area contributed by atoms with Gasteiger partial charge in [0.2, 0.25) is 0 Å². The summed E-state index contributed by atoms with van der Waals surface area (Å²) in [6.07, 6.45) is 1.93. The van der Waals surface area contributed by atoms with Crippen LogP contribution in [0.4, 0.5) is 5.69 Å². The molecule has 0 aliphatic heterocycles. The number of fused-ring (bicyclic) bond motifs is 1. The van der Waals surface area contributed by atoms with E-state index in [2.05, 4.69) is 41.5 Å². The van der Waals surface area contributed by atoms with Crippen LogP contribution in [-0.2, 0) is 0 Å². The summed E-state index contributed by atoms with van der Waals surface area (Å²) >= 11 is 1.47. The smallest absolute Gasteiger partial charge is 0.273 e. The molecule has 2 aromatic heterocycles. The summed E-state index contributed by atoms with van der Waals surface area (Å²) in [4.78, 5) is 18.3. The molecule has 0 fully saturated rings. The van der Waals surface area contributed by atoms with Crippen LogP contribution in [0.25, 0.3) is 16.2 Å². The number of carbonyl (C=O) groups excluding carboxylic acids is 1. The molecule has 4 rings (SSSR count). The minimum absolute atomic E-state index is 0.127. The van der Waals surface area contributed by atoms with Crippen molar-refractivity contribution >= 4 is 27.9 Å². The highest BCUT2D eigenvalue weighted by Crippen LogP contribution is 2.25. The van der Waals surface area contributed by atoms with Gasteiger partial charge in [-0.25, -0.2) is 4.98 Å². The molecule has 0 saturated heterocycles. The average Bonchev–Trinajstić information content (AvgIpc) is 3.19. The number of carbonyl (C=O) groups is 1. The summed E-state index contributed by atoms with van der Waals surface area (Å²) in [6, 6.07) is 14.3. The molecule has 4 nitrogen and oxygen atoms in total. The second-order valence-electron chi connectivity index (χ2n) is 6.54. The lowest BCUT2D eigenvalue weighted by Crippen LogP contribution is -2.14. The van der Waals surface area contributed by atoms with E-state index in [0.29, 0.717) is 5.69 Å². The predicted octanol–water partition coefficient (Wildman–Crippen LogP) is 5.24. The van der Waals surface area contributed by atoms with Crippen molar-refractivity contribution in [1.82, 2.24) is 9.38 Å². The first kappa shape index (κ1) is 16.5. The van der Waals surface area contributed by atoms with Gasteiger partial charge in [-0.3, -0.25) is 9.20 Å². The van der Waals surface area contributed by atoms with Crippen LogP contribution < -0.4 is 5.32 Å². The molecule has 130 valence electrons. The second kappa shape index (κ2) is 6.42. The van der Waals surface area contributed by atoms with Crippen molar-refractivity contribution in [2.75, 3.05) is 5.32 Å². The van der Waals surface area contributed by atoms with Crippen molar-refractivity contribution in [2.24, 2.45) is 0 Å². The van der Waals surface area contributed by atoms with Crippen molar-refractivity contribution in [2.45, 2.75) is 20.8 Å². The first-order chi connectivity index (χ1) is 12.5. The van der Waals surface area contributed by atoms with Gasteiger partial charge < -0.3 is 5.32 Å². The zero-order valence-corrected chi connectivity index (χ0v) is 15.7. The molecule has 4 aromatic rings. The average molecular weight is 361 g/mol. The van der Waals surface area contributed by atoms with E-state index in [1.807, 2.05) is 48.0 Å². The fourth-order valence-corrected chi connectivity index (χ4v) is 3.72. The number of imidazole rings is 1. The number of nitrogens with zero attached hydrogens (tertiary/aromatic N) is 2. The first-order valence-corrected chi connectivity index (χ1v) is 9.31. The van der Waals surface area contributed by atoms with Gasteiger partial charge in [-0.15, -0.1) is 11.3 Å². The van der Waals surface area contributed by atoms with Crippen molar-refractivity contribution in [3.63, 3.8) is 0 Å². The van der Waals surface area contributed by atoms with Crippen LogP contribution in [0, 0.1) is 20.8 Å². The maximum atomic E-state index is 12.8. The lowest BCUT2D eigenvalue weighted by atomic mass is 10.1. The molecular weight excluding hydrogens is 342 g/mol. The van der Waals surface area contributed by atoms with Crippen LogP contribution >= 0.6 is 11.3 Å². The molecule has 2 heterocycles. The Kier molecular flexibility index (Phi) is 4.09. The number of nitrogens with one attached hydrogen (secondary N) is 1. The standard InChI is InChI=1S/C21H19N3OS/c1-13-5-8-16(9-6-13)18-11-24-19(12-26-21(24)23-18)20(25)22-17-10-14(2)4-7-15(17)3/h4-12H,1-3H3,(H,22,25). The Bertz CT molecular complexity index is 1110. The van der Waals surface area contributed by atoms with E-state index in [0.717, 1.165) is 33.0 Å². The molecule has 1 N–H and O–H groups in total. The normalized spacial score (nSPS) is 11.0. The largest absolute Gasteiger partial charge is 0.320 e. The molecule has 0 bridgehead atoms. The Hall–Kier alpha value is -2.92. The summed E-state index contributed by atoms with van der Waals surface area (Å²) in [5.74, 6) is -0.127. The summed E-state index contributed by atoms with van der Waals surface area (Å²) in [5.41, 5.74) is 6.73. The number of anilines is 1. The van der Waals surface area contributed by atoms with Crippen LogP contribution in [0.15, 0.2) is 54.0 Å². The molecule has 1 amide bonds. The van der Waals surface area contributed by atoms with Crippen molar-refractivity contribution in [3.05, 3.63) is 76.4 Å². The van der Waals surface area contributed by atoms with Gasteiger partial charge in [0, 0.05) is 22.8 Å². The number of aryl methyl sites for hydroxylation is 3. The zero-order valence-electron chi connectivity index (χ0n) is 14.9. The van der Waals surface area contributed by atoms with Gasteiger partial charge in [-0.2, -0.15) is 0 Å². The van der Waals surface area contributed by atoms with Crippen LogP contribution in [0.2, 0.25) is 0 Å². The van der Waals surface area contributed by atoms with Crippen molar-refractivity contribution in [3.8, 4) is 11.3 Å². The highest BCUT2D eigenvalue weighted by atomic mass is 32.1. The minimum atomic E-state index is -0.127. The van der Waals surface area contributed by atoms with Gasteiger partial charge in [0.15, 0.2) is 4.96 Å². The molecule has 0 spiro atoms. The second-order valence-corrected chi connectivity index (χ2v) is 7.37. The third-order valence-corrected chi connectivity index (χ3v) is 5.27. The summed E-state index contributed by atoms with van der Waals surface area (Å²) < 4.78 is 1.86. The molecule has 0 aliphatic carbocycles. The van der Waals surface area contributed by atoms with Crippen LogP contribution in [0.3, 0.4) is 0 Å². The third-order valence-electron chi connectivity index (χ3n) is 4.43. The summed E-state index contributed by atoms with van der Waals surface area (Å²) in [5, 5.41) is 4.87. The molecule has 0 atom stereocenters. The van der Waals surface area contributed by atoms with Gasteiger partial charge in [0.1, 0.15) is 5.69 Å². The third kappa shape index (κ3) is 3.02. The van der Waals surface area contributed by atoms with Gasteiger partial charge >= 0.3 is 0 Å². The Morgan fingerprint density at radius 1 is 1.04 bits per heavy atom. The highest BCUT2D eigenvalue weighted by Gasteiger charge is 2.16. The molecule has 2 aromatic carbocycles. The van der Waals surface area contributed by atoms with Gasteiger partial charge in [-0.05, 0) is 38.0 Å². The van der Waals surface area contributed by atoms with E-state index < -0.39 is 0 Å². The lowest BCUT2D eigenvalue weighted by molar-refractivity contribution is 0.102. The summed E-state index contributed by atoms with van der Waals surface area (Å²) in [6.45, 7) is 6.07. The maximum absolute atomic E-state index is 12.8. The Labute approximate surface area is 156 Å². The van der Waals surface area contributed by atoms with E-state index in [1.54, 1.807) is 0 Å². The van der Waals surface area contributed by atoms with Crippen molar-refractivity contribution in [1.29, 1.82) is 0 Å².